The van der Waals surface area contributed by atoms with Gasteiger partial charge in [-0.3, -0.25) is 4.79 Å². The first-order valence-corrected chi connectivity index (χ1v) is 9.13. The molecule has 3 rings (SSSR count). The van der Waals surface area contributed by atoms with Crippen LogP contribution in [0.25, 0.3) is 11.4 Å². The van der Waals surface area contributed by atoms with Crippen molar-refractivity contribution < 1.29 is 18.3 Å². The predicted octanol–water partition coefficient (Wildman–Crippen LogP) is 2.86. The van der Waals surface area contributed by atoms with Gasteiger partial charge in [0, 0.05) is 11.3 Å². The number of carbonyl (C=O) groups is 1. The molecule has 0 unspecified atom stereocenters. The van der Waals surface area contributed by atoms with Crippen molar-refractivity contribution >= 4 is 23.4 Å². The van der Waals surface area contributed by atoms with Crippen molar-refractivity contribution in [3.63, 3.8) is 0 Å². The summed E-state index contributed by atoms with van der Waals surface area (Å²) >= 11 is 1.09. The third kappa shape index (κ3) is 5.20. The van der Waals surface area contributed by atoms with Gasteiger partial charge in [0.05, 0.1) is 17.4 Å². The molecular weight excluding hydrogens is 402 g/mol. The molecule has 3 aromatic rings. The van der Waals surface area contributed by atoms with E-state index in [0.29, 0.717) is 27.8 Å². The summed E-state index contributed by atoms with van der Waals surface area (Å²) in [6.07, 6.45) is 0. The summed E-state index contributed by atoms with van der Waals surface area (Å²) in [5, 5.41) is 19.7. The van der Waals surface area contributed by atoms with Crippen molar-refractivity contribution in [2.75, 3.05) is 16.9 Å². The van der Waals surface area contributed by atoms with Crippen LogP contribution in [0.3, 0.4) is 0 Å². The SMILES string of the molecule is N#Cc1ccc(NC(=O)CSc2nnc(-c3ccc(OC(F)F)cc3)n2N)cc1. The van der Waals surface area contributed by atoms with E-state index in [2.05, 4.69) is 20.3 Å². The molecule has 0 aliphatic rings. The number of nitrogens with one attached hydrogen (secondary N) is 1. The zero-order valence-electron chi connectivity index (χ0n) is 14.8. The summed E-state index contributed by atoms with van der Waals surface area (Å²) in [7, 11) is 0. The third-order valence-corrected chi connectivity index (χ3v) is 4.58. The maximum absolute atomic E-state index is 12.2. The molecule has 0 spiro atoms. The molecule has 8 nitrogen and oxygen atoms in total. The third-order valence-electron chi connectivity index (χ3n) is 3.63. The Hall–Kier alpha value is -3.65. The molecule has 11 heteroatoms. The number of alkyl halides is 2. The summed E-state index contributed by atoms with van der Waals surface area (Å²) in [5.74, 6) is 6.06. The summed E-state index contributed by atoms with van der Waals surface area (Å²) < 4.78 is 29.9. The number of anilines is 1. The molecule has 1 heterocycles. The minimum absolute atomic E-state index is 0.0147. The maximum atomic E-state index is 12.2. The van der Waals surface area contributed by atoms with Crippen LogP contribution in [0.1, 0.15) is 5.56 Å². The molecule has 2 aromatic carbocycles. The second-order valence-electron chi connectivity index (χ2n) is 5.61. The van der Waals surface area contributed by atoms with Gasteiger partial charge in [-0.25, -0.2) is 4.68 Å². The molecule has 0 aliphatic heterocycles. The van der Waals surface area contributed by atoms with E-state index in [0.717, 1.165) is 11.8 Å². The monoisotopic (exact) mass is 416 g/mol. The highest BCUT2D eigenvalue weighted by molar-refractivity contribution is 7.99. The lowest BCUT2D eigenvalue weighted by Crippen LogP contribution is -2.16. The quantitative estimate of drug-likeness (QED) is 0.449. The van der Waals surface area contributed by atoms with Crippen molar-refractivity contribution in [1.82, 2.24) is 14.9 Å². The number of thioether (sulfide) groups is 1. The number of carbonyl (C=O) groups excluding carboxylic acids is 1. The molecule has 0 saturated heterocycles. The average molecular weight is 416 g/mol. The zero-order valence-corrected chi connectivity index (χ0v) is 15.6. The molecule has 148 valence electrons. The van der Waals surface area contributed by atoms with Crippen LogP contribution in [0.2, 0.25) is 0 Å². The number of nitrogens with two attached hydrogens (primary N) is 1. The van der Waals surface area contributed by atoms with Crippen LogP contribution in [0.5, 0.6) is 5.75 Å². The zero-order chi connectivity index (χ0) is 20.8. The molecule has 1 aromatic heterocycles. The van der Waals surface area contributed by atoms with E-state index in [1.165, 1.54) is 28.9 Å². The molecule has 0 saturated carbocycles. The second-order valence-corrected chi connectivity index (χ2v) is 6.55. The van der Waals surface area contributed by atoms with Gasteiger partial charge in [-0.15, -0.1) is 10.2 Å². The van der Waals surface area contributed by atoms with Gasteiger partial charge >= 0.3 is 6.61 Å². The molecule has 0 aliphatic carbocycles. The standard InChI is InChI=1S/C18H14F2N6O2S/c19-17(20)28-14-7-3-12(4-8-14)16-24-25-18(26(16)22)29-10-15(27)23-13-5-1-11(9-21)2-6-13/h1-8,17H,10,22H2,(H,23,27). The Bertz CT molecular complexity index is 1030. The number of benzene rings is 2. The lowest BCUT2D eigenvalue weighted by molar-refractivity contribution is -0.113. The molecular formula is C18H14F2N6O2S. The van der Waals surface area contributed by atoms with Crippen LogP contribution in [0, 0.1) is 11.3 Å². The number of rotatable bonds is 7. The number of amides is 1. The fourth-order valence-corrected chi connectivity index (χ4v) is 2.97. The van der Waals surface area contributed by atoms with Crippen LogP contribution in [0.15, 0.2) is 53.7 Å². The average Bonchev–Trinajstić information content (AvgIpc) is 3.07. The Morgan fingerprint density at radius 1 is 1.21 bits per heavy atom. The van der Waals surface area contributed by atoms with E-state index in [1.54, 1.807) is 24.3 Å². The van der Waals surface area contributed by atoms with E-state index < -0.39 is 6.61 Å². The Morgan fingerprint density at radius 2 is 1.90 bits per heavy atom. The first-order valence-electron chi connectivity index (χ1n) is 8.15. The Kier molecular flexibility index (Phi) is 6.25. The minimum Gasteiger partial charge on any atom is -0.435 e. The van der Waals surface area contributed by atoms with Crippen molar-refractivity contribution in [2.24, 2.45) is 0 Å². The largest absolute Gasteiger partial charge is 0.435 e. The number of halogens is 2. The predicted molar refractivity (Wildman–Crippen MR) is 103 cm³/mol. The number of nitrogens with zero attached hydrogens (tertiary/aromatic N) is 4. The van der Waals surface area contributed by atoms with E-state index in [-0.39, 0.29) is 17.4 Å². The highest BCUT2D eigenvalue weighted by Gasteiger charge is 2.14. The minimum atomic E-state index is -2.91. The van der Waals surface area contributed by atoms with Crippen LogP contribution < -0.4 is 15.9 Å². The highest BCUT2D eigenvalue weighted by atomic mass is 32.2. The number of hydrogen-bond donors (Lipinski definition) is 2. The van der Waals surface area contributed by atoms with Crippen molar-refractivity contribution in [3.8, 4) is 23.2 Å². The second kappa shape index (κ2) is 9.03. The topological polar surface area (TPSA) is 119 Å². The van der Waals surface area contributed by atoms with Gasteiger partial charge in [-0.05, 0) is 48.5 Å². The number of nitriles is 1. The van der Waals surface area contributed by atoms with Gasteiger partial charge < -0.3 is 15.9 Å². The summed E-state index contributed by atoms with van der Waals surface area (Å²) in [6.45, 7) is -2.91. The van der Waals surface area contributed by atoms with Gasteiger partial charge in [-0.2, -0.15) is 14.0 Å². The normalized spacial score (nSPS) is 10.6. The first kappa shape index (κ1) is 20.1. The Balaban J connectivity index is 1.60. The maximum Gasteiger partial charge on any atom is 0.387 e. The van der Waals surface area contributed by atoms with Crippen LogP contribution in [0.4, 0.5) is 14.5 Å². The smallest absolute Gasteiger partial charge is 0.387 e. The molecule has 3 N–H and O–H groups in total. The number of nitrogen functional groups attached to an aromatic ring is 1. The fourth-order valence-electron chi connectivity index (χ4n) is 2.31. The highest BCUT2D eigenvalue weighted by Crippen LogP contribution is 2.24. The van der Waals surface area contributed by atoms with Gasteiger partial charge in [0.1, 0.15) is 5.75 Å². The van der Waals surface area contributed by atoms with Crippen molar-refractivity contribution in [1.29, 1.82) is 5.26 Å². The lowest BCUT2D eigenvalue weighted by atomic mass is 10.2. The van der Waals surface area contributed by atoms with E-state index >= 15 is 0 Å². The van der Waals surface area contributed by atoms with Crippen molar-refractivity contribution in [2.45, 2.75) is 11.8 Å². The summed E-state index contributed by atoms with van der Waals surface area (Å²) in [4.78, 5) is 12.1. The number of hydrogen-bond acceptors (Lipinski definition) is 7. The molecule has 0 fully saturated rings. The summed E-state index contributed by atoms with van der Waals surface area (Å²) in [6, 6.07) is 14.2. The van der Waals surface area contributed by atoms with Gasteiger partial charge in [0.25, 0.3) is 0 Å². The van der Waals surface area contributed by atoms with Crippen molar-refractivity contribution in [3.05, 3.63) is 54.1 Å². The van der Waals surface area contributed by atoms with Crippen LogP contribution in [-0.2, 0) is 4.79 Å². The molecule has 0 atom stereocenters. The van der Waals surface area contributed by atoms with Crippen LogP contribution in [-0.4, -0.2) is 33.1 Å². The molecule has 1 amide bonds. The van der Waals surface area contributed by atoms with Gasteiger partial charge in [-0.1, -0.05) is 11.8 Å². The van der Waals surface area contributed by atoms with E-state index in [4.69, 9.17) is 11.1 Å². The van der Waals surface area contributed by atoms with Gasteiger partial charge in [0.2, 0.25) is 11.1 Å². The van der Waals surface area contributed by atoms with Gasteiger partial charge in [0.15, 0.2) is 5.82 Å². The first-order chi connectivity index (χ1) is 14.0. The molecule has 0 radical (unpaired) electrons. The number of ether oxygens (including phenoxy) is 1. The molecule has 29 heavy (non-hydrogen) atoms. The molecule has 0 bridgehead atoms. The number of aromatic nitrogens is 3. The summed E-state index contributed by atoms with van der Waals surface area (Å²) in [5.41, 5.74) is 1.61. The Labute approximate surface area is 168 Å². The van der Waals surface area contributed by atoms with E-state index in [9.17, 15) is 13.6 Å². The van der Waals surface area contributed by atoms with Crippen LogP contribution >= 0.6 is 11.8 Å². The Morgan fingerprint density at radius 3 is 2.52 bits per heavy atom. The lowest BCUT2D eigenvalue weighted by Gasteiger charge is -2.07. The fraction of sp³-hybridized carbons (Fsp3) is 0.111. The van der Waals surface area contributed by atoms with E-state index in [1.807, 2.05) is 6.07 Å².